The van der Waals surface area contributed by atoms with Gasteiger partial charge < -0.3 is 20.2 Å². The Labute approximate surface area is 168 Å². The van der Waals surface area contributed by atoms with E-state index in [9.17, 15) is 4.79 Å². The van der Waals surface area contributed by atoms with E-state index in [0.29, 0.717) is 13.1 Å². The van der Waals surface area contributed by atoms with Crippen molar-refractivity contribution < 1.29 is 4.79 Å². The summed E-state index contributed by atoms with van der Waals surface area (Å²) in [5, 5.41) is 5.42. The topological polar surface area (TPSA) is 76.8 Å². The number of pyridine rings is 1. The molecule has 3 aromatic heterocycles. The molecule has 29 heavy (non-hydrogen) atoms. The number of nitrogens with zero attached hydrogens (tertiary/aromatic N) is 2. The molecule has 0 unspecified atom stereocenters. The predicted octanol–water partition coefficient (Wildman–Crippen LogP) is 4.09. The van der Waals surface area contributed by atoms with Crippen LogP contribution in [0.25, 0.3) is 27.5 Å². The van der Waals surface area contributed by atoms with Crippen LogP contribution in [-0.4, -0.2) is 45.5 Å². The van der Waals surface area contributed by atoms with Crippen molar-refractivity contribution in [3.05, 3.63) is 72.2 Å². The third-order valence-electron chi connectivity index (χ3n) is 5.64. The van der Waals surface area contributed by atoms with Gasteiger partial charge in [-0.25, -0.2) is 9.78 Å². The molecule has 2 amide bonds. The summed E-state index contributed by atoms with van der Waals surface area (Å²) in [6.45, 7) is 1.97. The number of amides is 2. The van der Waals surface area contributed by atoms with Gasteiger partial charge in [-0.1, -0.05) is 24.3 Å². The molecule has 0 saturated carbocycles. The number of benzene rings is 1. The zero-order chi connectivity index (χ0) is 19.6. The summed E-state index contributed by atoms with van der Waals surface area (Å²) in [7, 11) is 0. The fourth-order valence-electron chi connectivity index (χ4n) is 4.07. The molecule has 3 N–H and O–H groups in total. The summed E-state index contributed by atoms with van der Waals surface area (Å²) >= 11 is 0. The molecule has 0 fully saturated rings. The average Bonchev–Trinajstić information content (AvgIpc) is 3.38. The van der Waals surface area contributed by atoms with Crippen LogP contribution in [0.5, 0.6) is 0 Å². The molecule has 6 nitrogen and oxygen atoms in total. The molecule has 4 heterocycles. The van der Waals surface area contributed by atoms with Gasteiger partial charge in [0.05, 0.1) is 0 Å². The maximum Gasteiger partial charge on any atom is 0.317 e. The number of hydrogen-bond donors (Lipinski definition) is 3. The van der Waals surface area contributed by atoms with Crippen LogP contribution in [0.2, 0.25) is 0 Å². The van der Waals surface area contributed by atoms with Crippen LogP contribution in [-0.2, 0) is 6.42 Å². The SMILES string of the molecule is O=C(NCCc1c[nH]c2ccccc12)N1CC=C(c2c[nH]c3ncccc23)CC1. The van der Waals surface area contributed by atoms with Gasteiger partial charge in [-0.05, 0) is 42.2 Å². The van der Waals surface area contributed by atoms with E-state index in [4.69, 9.17) is 0 Å². The molecule has 0 saturated heterocycles. The first kappa shape index (κ1) is 17.6. The van der Waals surface area contributed by atoms with E-state index in [2.05, 4.69) is 44.5 Å². The van der Waals surface area contributed by atoms with Gasteiger partial charge >= 0.3 is 6.03 Å². The van der Waals surface area contributed by atoms with Crippen molar-refractivity contribution in [2.75, 3.05) is 19.6 Å². The van der Waals surface area contributed by atoms with E-state index >= 15 is 0 Å². The minimum absolute atomic E-state index is 0.000680. The Morgan fingerprint density at radius 1 is 1.10 bits per heavy atom. The molecule has 1 aliphatic heterocycles. The highest BCUT2D eigenvalue weighted by Crippen LogP contribution is 2.28. The van der Waals surface area contributed by atoms with Crippen LogP contribution in [0.4, 0.5) is 4.79 Å². The van der Waals surface area contributed by atoms with E-state index in [1.807, 2.05) is 35.5 Å². The largest absolute Gasteiger partial charge is 0.361 e. The first-order valence-electron chi connectivity index (χ1n) is 9.99. The molecule has 0 spiro atoms. The van der Waals surface area contributed by atoms with E-state index in [0.717, 1.165) is 35.9 Å². The number of urea groups is 1. The summed E-state index contributed by atoms with van der Waals surface area (Å²) in [6, 6.07) is 12.3. The molecule has 0 bridgehead atoms. The molecule has 5 rings (SSSR count). The van der Waals surface area contributed by atoms with Crippen LogP contribution < -0.4 is 5.32 Å². The average molecular weight is 385 g/mol. The van der Waals surface area contributed by atoms with Gasteiger partial charge in [0.2, 0.25) is 0 Å². The van der Waals surface area contributed by atoms with Crippen LogP contribution in [0.3, 0.4) is 0 Å². The fourth-order valence-corrected chi connectivity index (χ4v) is 4.07. The lowest BCUT2D eigenvalue weighted by atomic mass is 10.00. The Bertz CT molecular complexity index is 1200. The number of nitrogens with one attached hydrogen (secondary N) is 3. The van der Waals surface area contributed by atoms with Gasteiger partial charge in [0.25, 0.3) is 0 Å². The second kappa shape index (κ2) is 7.47. The minimum atomic E-state index is 0.000680. The second-order valence-corrected chi connectivity index (χ2v) is 7.37. The number of H-pyrrole nitrogens is 2. The highest BCUT2D eigenvalue weighted by atomic mass is 16.2. The lowest BCUT2D eigenvalue weighted by Crippen LogP contribution is -2.42. The van der Waals surface area contributed by atoms with Crippen molar-refractivity contribution in [2.45, 2.75) is 12.8 Å². The lowest BCUT2D eigenvalue weighted by molar-refractivity contribution is 0.203. The molecule has 6 heteroatoms. The van der Waals surface area contributed by atoms with Crippen molar-refractivity contribution in [2.24, 2.45) is 0 Å². The van der Waals surface area contributed by atoms with Crippen molar-refractivity contribution in [1.29, 1.82) is 0 Å². The van der Waals surface area contributed by atoms with Gasteiger partial charge in [-0.15, -0.1) is 0 Å². The Kier molecular flexibility index (Phi) is 4.52. The zero-order valence-corrected chi connectivity index (χ0v) is 16.1. The van der Waals surface area contributed by atoms with E-state index in [-0.39, 0.29) is 6.03 Å². The standard InChI is InChI=1S/C23H23N5O/c29-23(25-11-7-17-14-26-21-6-2-1-4-18(17)21)28-12-8-16(9-13-28)20-15-27-22-19(20)5-3-10-24-22/h1-6,8,10,14-15,26H,7,9,11-13H2,(H,24,27)(H,25,29). The maximum atomic E-state index is 12.6. The first-order chi connectivity index (χ1) is 14.3. The Balaban J connectivity index is 1.19. The van der Waals surface area contributed by atoms with E-state index < -0.39 is 0 Å². The number of aromatic nitrogens is 3. The Hall–Kier alpha value is -3.54. The Morgan fingerprint density at radius 2 is 2.00 bits per heavy atom. The van der Waals surface area contributed by atoms with Gasteiger partial charge in [0.1, 0.15) is 5.65 Å². The fraction of sp³-hybridized carbons (Fsp3) is 0.217. The maximum absolute atomic E-state index is 12.6. The first-order valence-corrected chi connectivity index (χ1v) is 9.99. The number of rotatable bonds is 4. The third kappa shape index (κ3) is 3.38. The van der Waals surface area contributed by atoms with E-state index in [1.165, 1.54) is 22.1 Å². The quantitative estimate of drug-likeness (QED) is 0.495. The van der Waals surface area contributed by atoms with Crippen molar-refractivity contribution in [3.8, 4) is 0 Å². The van der Waals surface area contributed by atoms with Crippen molar-refractivity contribution >= 4 is 33.5 Å². The summed E-state index contributed by atoms with van der Waals surface area (Å²) in [6.07, 6.45) is 9.65. The molecule has 1 aromatic carbocycles. The highest BCUT2D eigenvalue weighted by Gasteiger charge is 2.19. The van der Waals surface area contributed by atoms with Crippen LogP contribution >= 0.6 is 0 Å². The summed E-state index contributed by atoms with van der Waals surface area (Å²) < 4.78 is 0. The van der Waals surface area contributed by atoms with E-state index in [1.54, 1.807) is 6.20 Å². The molecule has 0 aliphatic carbocycles. The molecule has 146 valence electrons. The Morgan fingerprint density at radius 3 is 2.90 bits per heavy atom. The molecule has 4 aromatic rings. The van der Waals surface area contributed by atoms with Crippen molar-refractivity contribution in [1.82, 2.24) is 25.2 Å². The number of hydrogen-bond acceptors (Lipinski definition) is 2. The minimum Gasteiger partial charge on any atom is -0.361 e. The number of fused-ring (bicyclic) bond motifs is 2. The van der Waals surface area contributed by atoms with Gasteiger partial charge in [-0.2, -0.15) is 0 Å². The monoisotopic (exact) mass is 385 g/mol. The van der Waals surface area contributed by atoms with Crippen molar-refractivity contribution in [3.63, 3.8) is 0 Å². The molecule has 0 atom stereocenters. The van der Waals surface area contributed by atoms with Crippen LogP contribution in [0, 0.1) is 0 Å². The summed E-state index contributed by atoms with van der Waals surface area (Å²) in [4.78, 5) is 25.3. The summed E-state index contributed by atoms with van der Waals surface area (Å²) in [5.41, 5.74) is 5.73. The normalized spacial score (nSPS) is 14.3. The molecular formula is C23H23N5O. The molecular weight excluding hydrogens is 362 g/mol. The summed E-state index contributed by atoms with van der Waals surface area (Å²) in [5.74, 6) is 0. The molecule has 0 radical (unpaired) electrons. The predicted molar refractivity (Wildman–Crippen MR) is 116 cm³/mol. The molecule has 1 aliphatic rings. The van der Waals surface area contributed by atoms with Gasteiger partial charge in [0.15, 0.2) is 0 Å². The lowest BCUT2D eigenvalue weighted by Gasteiger charge is -2.26. The smallest absolute Gasteiger partial charge is 0.317 e. The number of para-hydroxylation sites is 1. The van der Waals surface area contributed by atoms with Crippen LogP contribution in [0.1, 0.15) is 17.5 Å². The van der Waals surface area contributed by atoms with Crippen LogP contribution in [0.15, 0.2) is 61.1 Å². The number of carbonyl (C=O) groups excluding carboxylic acids is 1. The third-order valence-corrected chi connectivity index (χ3v) is 5.64. The highest BCUT2D eigenvalue weighted by molar-refractivity contribution is 5.91. The zero-order valence-electron chi connectivity index (χ0n) is 16.1. The van der Waals surface area contributed by atoms with Gasteiger partial charge in [-0.3, -0.25) is 0 Å². The van der Waals surface area contributed by atoms with Gasteiger partial charge in [0, 0.05) is 60.1 Å². The second-order valence-electron chi connectivity index (χ2n) is 7.37. The number of carbonyl (C=O) groups is 1. The number of aromatic amines is 2.